The van der Waals surface area contributed by atoms with Crippen LogP contribution in [0.5, 0.6) is 5.75 Å². The van der Waals surface area contributed by atoms with E-state index in [1.807, 2.05) is 18.2 Å². The van der Waals surface area contributed by atoms with E-state index < -0.39 is 0 Å². The van der Waals surface area contributed by atoms with Crippen molar-refractivity contribution in [2.45, 2.75) is 26.7 Å². The molecule has 0 aliphatic carbocycles. The highest BCUT2D eigenvalue weighted by atomic mass is 16.5. The van der Waals surface area contributed by atoms with E-state index in [1.54, 1.807) is 37.4 Å². The maximum absolute atomic E-state index is 12.1. The summed E-state index contributed by atoms with van der Waals surface area (Å²) in [6.45, 7) is 4.60. The van der Waals surface area contributed by atoms with E-state index in [0.717, 1.165) is 24.3 Å². The number of hydrogen-bond donors (Lipinski definition) is 1. The zero-order chi connectivity index (χ0) is 16.5. The molecule has 0 fully saturated rings. The van der Waals surface area contributed by atoms with Gasteiger partial charge in [0, 0.05) is 11.8 Å². The summed E-state index contributed by atoms with van der Waals surface area (Å²) in [4.78, 5) is 16.3. The van der Waals surface area contributed by atoms with Crippen LogP contribution in [-0.2, 0) is 0 Å². The minimum Gasteiger partial charge on any atom is -0.494 e. The molecule has 1 aromatic heterocycles. The molecule has 0 bridgehead atoms. The molecule has 1 N–H and O–H groups in total. The van der Waals surface area contributed by atoms with Crippen molar-refractivity contribution in [3.63, 3.8) is 0 Å². The van der Waals surface area contributed by atoms with E-state index in [1.165, 1.54) is 0 Å². The third-order valence-corrected chi connectivity index (χ3v) is 3.24. The van der Waals surface area contributed by atoms with Crippen LogP contribution in [0.4, 0.5) is 0 Å². The van der Waals surface area contributed by atoms with E-state index in [4.69, 9.17) is 4.74 Å². The fourth-order valence-electron chi connectivity index (χ4n) is 1.87. The van der Waals surface area contributed by atoms with Crippen molar-refractivity contribution in [2.24, 2.45) is 5.10 Å². The van der Waals surface area contributed by atoms with Crippen LogP contribution in [0.3, 0.4) is 0 Å². The molecule has 5 heteroatoms. The molecule has 120 valence electrons. The zero-order valence-electron chi connectivity index (χ0n) is 13.5. The average molecular weight is 311 g/mol. The number of nitrogens with zero attached hydrogens (tertiary/aromatic N) is 2. The molecule has 5 nitrogen and oxygen atoms in total. The number of carbonyl (C=O) groups excluding carboxylic acids is 1. The summed E-state index contributed by atoms with van der Waals surface area (Å²) >= 11 is 0. The van der Waals surface area contributed by atoms with E-state index in [2.05, 4.69) is 22.4 Å². The lowest BCUT2D eigenvalue weighted by Crippen LogP contribution is -2.19. The highest BCUT2D eigenvalue weighted by Gasteiger charge is 2.05. The van der Waals surface area contributed by atoms with Gasteiger partial charge < -0.3 is 4.74 Å². The molecule has 1 amide bonds. The molecule has 0 saturated heterocycles. The molecular weight excluding hydrogens is 290 g/mol. The Morgan fingerprint density at radius 1 is 1.22 bits per heavy atom. The SMILES string of the molecule is CCCCOc1ccc(C(=O)NN=C(C)c2ccccn2)cc1. The van der Waals surface area contributed by atoms with Crippen molar-refractivity contribution >= 4 is 11.6 Å². The minimum atomic E-state index is -0.264. The van der Waals surface area contributed by atoms with Crippen molar-refractivity contribution in [1.29, 1.82) is 0 Å². The van der Waals surface area contributed by atoms with Crippen LogP contribution < -0.4 is 10.2 Å². The molecule has 0 aliphatic heterocycles. The number of unbranched alkanes of at least 4 members (excludes halogenated alkanes) is 1. The minimum absolute atomic E-state index is 0.264. The van der Waals surface area contributed by atoms with Gasteiger partial charge >= 0.3 is 0 Å². The van der Waals surface area contributed by atoms with Crippen LogP contribution >= 0.6 is 0 Å². The number of hydrogen-bond acceptors (Lipinski definition) is 4. The first-order valence-corrected chi connectivity index (χ1v) is 7.69. The molecular formula is C18H21N3O2. The van der Waals surface area contributed by atoms with Crippen LogP contribution in [0.15, 0.2) is 53.8 Å². The molecule has 0 atom stereocenters. The molecule has 1 aromatic carbocycles. The highest BCUT2D eigenvalue weighted by molar-refractivity contribution is 5.99. The average Bonchev–Trinajstić information content (AvgIpc) is 2.61. The summed E-state index contributed by atoms with van der Waals surface area (Å²) < 4.78 is 5.57. The summed E-state index contributed by atoms with van der Waals surface area (Å²) in [5.41, 5.74) is 4.45. The summed E-state index contributed by atoms with van der Waals surface area (Å²) in [5.74, 6) is 0.503. The second-order valence-corrected chi connectivity index (χ2v) is 5.08. The second-order valence-electron chi connectivity index (χ2n) is 5.08. The third kappa shape index (κ3) is 5.21. The topological polar surface area (TPSA) is 63.6 Å². The van der Waals surface area contributed by atoms with Crippen molar-refractivity contribution in [3.05, 3.63) is 59.9 Å². The predicted octanol–water partition coefficient (Wildman–Crippen LogP) is 3.41. The van der Waals surface area contributed by atoms with Crippen molar-refractivity contribution in [3.8, 4) is 5.75 Å². The van der Waals surface area contributed by atoms with Gasteiger partial charge in [-0.2, -0.15) is 5.10 Å². The van der Waals surface area contributed by atoms with Gasteiger partial charge in [-0.3, -0.25) is 9.78 Å². The number of amides is 1. The summed E-state index contributed by atoms with van der Waals surface area (Å²) in [5, 5.41) is 4.08. The fourth-order valence-corrected chi connectivity index (χ4v) is 1.87. The zero-order valence-corrected chi connectivity index (χ0v) is 13.5. The predicted molar refractivity (Wildman–Crippen MR) is 90.8 cm³/mol. The number of benzene rings is 1. The van der Waals surface area contributed by atoms with E-state index in [-0.39, 0.29) is 5.91 Å². The number of hydrazone groups is 1. The normalized spacial score (nSPS) is 11.1. The van der Waals surface area contributed by atoms with Crippen molar-refractivity contribution < 1.29 is 9.53 Å². The lowest BCUT2D eigenvalue weighted by Gasteiger charge is -2.06. The second kappa shape index (κ2) is 8.68. The highest BCUT2D eigenvalue weighted by Crippen LogP contribution is 2.12. The number of carbonyl (C=O) groups is 1. The number of aromatic nitrogens is 1. The number of pyridine rings is 1. The third-order valence-electron chi connectivity index (χ3n) is 3.24. The maximum Gasteiger partial charge on any atom is 0.271 e. The summed E-state index contributed by atoms with van der Waals surface area (Å²) in [6.07, 6.45) is 3.80. The molecule has 0 radical (unpaired) electrons. The first kappa shape index (κ1) is 16.7. The molecule has 0 spiro atoms. The summed E-state index contributed by atoms with van der Waals surface area (Å²) in [7, 11) is 0. The van der Waals surface area contributed by atoms with Crippen LogP contribution in [0.1, 0.15) is 42.7 Å². The molecule has 23 heavy (non-hydrogen) atoms. The van der Waals surface area contributed by atoms with Gasteiger partial charge in [-0.05, 0) is 49.7 Å². The smallest absolute Gasteiger partial charge is 0.271 e. The van der Waals surface area contributed by atoms with Gasteiger partial charge in [0.25, 0.3) is 5.91 Å². The molecule has 1 heterocycles. The van der Waals surface area contributed by atoms with Crippen molar-refractivity contribution in [2.75, 3.05) is 6.61 Å². The van der Waals surface area contributed by atoms with E-state index >= 15 is 0 Å². The van der Waals surface area contributed by atoms with E-state index in [0.29, 0.717) is 17.9 Å². The van der Waals surface area contributed by atoms with Crippen molar-refractivity contribution in [1.82, 2.24) is 10.4 Å². The lowest BCUT2D eigenvalue weighted by atomic mass is 10.2. The van der Waals surface area contributed by atoms with Gasteiger partial charge in [0.15, 0.2) is 0 Å². The Morgan fingerprint density at radius 2 is 2.00 bits per heavy atom. The Kier molecular flexibility index (Phi) is 6.29. The first-order valence-electron chi connectivity index (χ1n) is 7.69. The Labute approximate surface area is 136 Å². The molecule has 0 aliphatic rings. The van der Waals surface area contributed by atoms with Gasteiger partial charge in [-0.1, -0.05) is 19.4 Å². The van der Waals surface area contributed by atoms with Crippen LogP contribution in [0, 0.1) is 0 Å². The number of ether oxygens (including phenoxy) is 1. The quantitative estimate of drug-likeness (QED) is 0.484. The van der Waals surface area contributed by atoms with Crippen LogP contribution in [-0.4, -0.2) is 23.2 Å². The van der Waals surface area contributed by atoms with Gasteiger partial charge in [0.05, 0.1) is 18.0 Å². The largest absolute Gasteiger partial charge is 0.494 e. The summed E-state index contributed by atoms with van der Waals surface area (Å²) in [6, 6.07) is 12.6. The van der Waals surface area contributed by atoms with Crippen LogP contribution in [0.25, 0.3) is 0 Å². The Balaban J connectivity index is 1.93. The Bertz CT molecular complexity index is 652. The molecule has 2 aromatic rings. The monoisotopic (exact) mass is 311 g/mol. The maximum atomic E-state index is 12.1. The Morgan fingerprint density at radius 3 is 2.65 bits per heavy atom. The Hall–Kier alpha value is -2.69. The molecule has 0 saturated carbocycles. The van der Waals surface area contributed by atoms with Gasteiger partial charge in [-0.25, -0.2) is 5.43 Å². The molecule has 0 unspecified atom stereocenters. The van der Waals surface area contributed by atoms with Gasteiger partial charge in [0.1, 0.15) is 5.75 Å². The van der Waals surface area contributed by atoms with E-state index in [9.17, 15) is 4.79 Å². The van der Waals surface area contributed by atoms with Gasteiger partial charge in [0.2, 0.25) is 0 Å². The van der Waals surface area contributed by atoms with Crippen LogP contribution in [0.2, 0.25) is 0 Å². The fraction of sp³-hybridized carbons (Fsp3) is 0.278. The lowest BCUT2D eigenvalue weighted by molar-refractivity contribution is 0.0955. The van der Waals surface area contributed by atoms with Gasteiger partial charge in [-0.15, -0.1) is 0 Å². The molecule has 2 rings (SSSR count). The first-order chi connectivity index (χ1) is 11.2. The number of rotatable bonds is 7. The standard InChI is InChI=1S/C18H21N3O2/c1-3-4-13-23-16-10-8-15(9-11-16)18(22)21-20-14(2)17-7-5-6-12-19-17/h5-12H,3-4,13H2,1-2H3,(H,21,22). The number of nitrogens with one attached hydrogen (secondary N) is 1.